The van der Waals surface area contributed by atoms with E-state index in [4.69, 9.17) is 4.74 Å². The molecule has 0 fully saturated rings. The van der Waals surface area contributed by atoms with Gasteiger partial charge in [0.25, 0.3) is 0 Å². The molecule has 0 aliphatic rings. The lowest BCUT2D eigenvalue weighted by molar-refractivity contribution is 0.304. The molecule has 0 radical (unpaired) electrons. The van der Waals surface area contributed by atoms with Crippen LogP contribution in [-0.4, -0.2) is 6.61 Å². The highest BCUT2D eigenvalue weighted by Gasteiger charge is 1.94. The average Bonchev–Trinajstić information content (AvgIpc) is 2.38. The molecule has 1 aromatic rings. The van der Waals surface area contributed by atoms with Crippen LogP contribution >= 0.6 is 0 Å². The van der Waals surface area contributed by atoms with Gasteiger partial charge in [0.05, 0.1) is 6.61 Å². The number of hydrogen-bond donors (Lipinski definition) is 0. The van der Waals surface area contributed by atoms with Gasteiger partial charge in [-0.15, -0.1) is 0 Å². The van der Waals surface area contributed by atoms with Crippen LogP contribution in [0.1, 0.15) is 57.9 Å². The van der Waals surface area contributed by atoms with E-state index in [1.54, 1.807) is 0 Å². The molecule has 0 aliphatic heterocycles. The highest BCUT2D eigenvalue weighted by molar-refractivity contribution is 5.27. The maximum absolute atomic E-state index is 5.71. The van der Waals surface area contributed by atoms with E-state index in [9.17, 15) is 0 Å². The first-order valence-electron chi connectivity index (χ1n) is 7.08. The zero-order valence-electron chi connectivity index (χ0n) is 11.4. The summed E-state index contributed by atoms with van der Waals surface area (Å²) in [7, 11) is 0. The van der Waals surface area contributed by atoms with E-state index in [1.165, 1.54) is 44.1 Å². The Balaban J connectivity index is 2.05. The minimum atomic E-state index is 0.859. The van der Waals surface area contributed by atoms with Gasteiger partial charge in [-0.2, -0.15) is 0 Å². The average molecular weight is 234 g/mol. The van der Waals surface area contributed by atoms with Crippen LogP contribution in [0.2, 0.25) is 0 Å². The van der Waals surface area contributed by atoms with Gasteiger partial charge in [-0.05, 0) is 30.5 Å². The van der Waals surface area contributed by atoms with Crippen molar-refractivity contribution in [2.75, 3.05) is 6.61 Å². The molecule has 0 spiro atoms. The predicted octanol–water partition coefficient (Wildman–Crippen LogP) is 4.99. The van der Waals surface area contributed by atoms with Crippen molar-refractivity contribution in [2.45, 2.75) is 58.8 Å². The zero-order chi connectivity index (χ0) is 12.3. The smallest absolute Gasteiger partial charge is 0.119 e. The number of unbranched alkanes of at least 4 members (excludes halogenated alkanes) is 5. The lowest BCUT2D eigenvalue weighted by Gasteiger charge is -2.06. The van der Waals surface area contributed by atoms with E-state index in [0.29, 0.717) is 0 Å². The zero-order valence-corrected chi connectivity index (χ0v) is 11.4. The SMILES string of the molecule is CCCCCCCCOc1ccc(CC)cc1. The summed E-state index contributed by atoms with van der Waals surface area (Å²) in [5.74, 6) is 1.01. The second-order valence-corrected chi connectivity index (χ2v) is 4.61. The standard InChI is InChI=1S/C16H26O/c1-3-5-6-7-8-9-14-17-16-12-10-15(4-2)11-13-16/h10-13H,3-9,14H2,1-2H3. The first-order valence-corrected chi connectivity index (χ1v) is 7.08. The molecule has 0 heterocycles. The monoisotopic (exact) mass is 234 g/mol. The number of aryl methyl sites for hydroxylation is 1. The Morgan fingerprint density at radius 2 is 1.47 bits per heavy atom. The number of ether oxygens (including phenoxy) is 1. The first kappa shape index (κ1) is 14.1. The van der Waals surface area contributed by atoms with Crippen molar-refractivity contribution in [1.29, 1.82) is 0 Å². The Kier molecular flexibility index (Phi) is 7.53. The summed E-state index contributed by atoms with van der Waals surface area (Å²) in [4.78, 5) is 0. The fraction of sp³-hybridized carbons (Fsp3) is 0.625. The minimum Gasteiger partial charge on any atom is -0.494 e. The van der Waals surface area contributed by atoms with E-state index in [1.807, 2.05) is 0 Å². The van der Waals surface area contributed by atoms with E-state index < -0.39 is 0 Å². The van der Waals surface area contributed by atoms with Gasteiger partial charge in [-0.25, -0.2) is 0 Å². The van der Waals surface area contributed by atoms with Gasteiger partial charge in [-0.1, -0.05) is 58.1 Å². The van der Waals surface area contributed by atoms with Gasteiger partial charge in [0, 0.05) is 0 Å². The maximum Gasteiger partial charge on any atom is 0.119 e. The molecule has 0 N–H and O–H groups in total. The van der Waals surface area contributed by atoms with Crippen molar-refractivity contribution in [3.63, 3.8) is 0 Å². The Morgan fingerprint density at radius 1 is 0.824 bits per heavy atom. The molecule has 0 aliphatic carbocycles. The molecule has 1 rings (SSSR count). The molecule has 1 heteroatoms. The number of rotatable bonds is 9. The highest BCUT2D eigenvalue weighted by atomic mass is 16.5. The summed E-state index contributed by atoms with van der Waals surface area (Å²) in [6, 6.07) is 8.46. The van der Waals surface area contributed by atoms with E-state index in [2.05, 4.69) is 38.1 Å². The topological polar surface area (TPSA) is 9.23 Å². The molecule has 96 valence electrons. The largest absolute Gasteiger partial charge is 0.494 e. The quantitative estimate of drug-likeness (QED) is 0.547. The van der Waals surface area contributed by atoms with Gasteiger partial charge >= 0.3 is 0 Å². The Hall–Kier alpha value is -0.980. The van der Waals surface area contributed by atoms with Crippen molar-refractivity contribution in [2.24, 2.45) is 0 Å². The molecule has 0 amide bonds. The fourth-order valence-corrected chi connectivity index (χ4v) is 1.89. The van der Waals surface area contributed by atoms with Crippen molar-refractivity contribution in [1.82, 2.24) is 0 Å². The molecular weight excluding hydrogens is 208 g/mol. The van der Waals surface area contributed by atoms with Crippen molar-refractivity contribution in [3.05, 3.63) is 29.8 Å². The first-order chi connectivity index (χ1) is 8.36. The maximum atomic E-state index is 5.71. The van der Waals surface area contributed by atoms with Crippen LogP contribution < -0.4 is 4.74 Å². The van der Waals surface area contributed by atoms with Gasteiger partial charge in [0.1, 0.15) is 5.75 Å². The molecule has 0 atom stereocenters. The van der Waals surface area contributed by atoms with Gasteiger partial charge in [0.2, 0.25) is 0 Å². The third-order valence-electron chi connectivity index (χ3n) is 3.10. The van der Waals surface area contributed by atoms with Crippen LogP contribution in [0, 0.1) is 0 Å². The lowest BCUT2D eigenvalue weighted by Crippen LogP contribution is -1.97. The Morgan fingerprint density at radius 3 is 2.12 bits per heavy atom. The van der Waals surface area contributed by atoms with Crippen LogP contribution in [0.4, 0.5) is 0 Å². The number of hydrogen-bond acceptors (Lipinski definition) is 1. The van der Waals surface area contributed by atoms with Gasteiger partial charge in [0.15, 0.2) is 0 Å². The molecule has 17 heavy (non-hydrogen) atoms. The molecule has 0 saturated heterocycles. The third kappa shape index (κ3) is 6.35. The second-order valence-electron chi connectivity index (χ2n) is 4.61. The molecule has 0 unspecified atom stereocenters. The summed E-state index contributed by atoms with van der Waals surface area (Å²) in [5.41, 5.74) is 1.37. The summed E-state index contributed by atoms with van der Waals surface area (Å²) in [6.45, 7) is 5.28. The number of benzene rings is 1. The molecule has 1 aromatic carbocycles. The predicted molar refractivity (Wildman–Crippen MR) is 74.7 cm³/mol. The van der Waals surface area contributed by atoms with Crippen molar-refractivity contribution >= 4 is 0 Å². The second kappa shape index (κ2) is 9.09. The van der Waals surface area contributed by atoms with Crippen LogP contribution in [-0.2, 0) is 6.42 Å². The molecular formula is C16H26O. The molecule has 0 saturated carbocycles. The molecule has 0 aromatic heterocycles. The van der Waals surface area contributed by atoms with Gasteiger partial charge in [-0.3, -0.25) is 0 Å². The molecule has 1 nitrogen and oxygen atoms in total. The van der Waals surface area contributed by atoms with Crippen LogP contribution in [0.5, 0.6) is 5.75 Å². The van der Waals surface area contributed by atoms with E-state index in [0.717, 1.165) is 18.8 Å². The van der Waals surface area contributed by atoms with Crippen LogP contribution in [0.3, 0.4) is 0 Å². The summed E-state index contributed by atoms with van der Waals surface area (Å²) >= 11 is 0. The normalized spacial score (nSPS) is 10.5. The summed E-state index contributed by atoms with van der Waals surface area (Å²) in [6.07, 6.45) is 9.00. The Bertz CT molecular complexity index is 276. The molecule has 0 bridgehead atoms. The fourth-order valence-electron chi connectivity index (χ4n) is 1.89. The van der Waals surface area contributed by atoms with Crippen molar-refractivity contribution < 1.29 is 4.74 Å². The van der Waals surface area contributed by atoms with Crippen molar-refractivity contribution in [3.8, 4) is 5.75 Å². The summed E-state index contributed by atoms with van der Waals surface area (Å²) < 4.78 is 5.71. The van der Waals surface area contributed by atoms with E-state index >= 15 is 0 Å². The Labute approximate surface area is 106 Å². The third-order valence-corrected chi connectivity index (χ3v) is 3.10. The highest BCUT2D eigenvalue weighted by Crippen LogP contribution is 2.13. The van der Waals surface area contributed by atoms with Crippen LogP contribution in [0.25, 0.3) is 0 Å². The van der Waals surface area contributed by atoms with E-state index in [-0.39, 0.29) is 0 Å². The lowest BCUT2D eigenvalue weighted by atomic mass is 10.1. The van der Waals surface area contributed by atoms with Crippen LogP contribution in [0.15, 0.2) is 24.3 Å². The summed E-state index contributed by atoms with van der Waals surface area (Å²) in [5, 5.41) is 0. The van der Waals surface area contributed by atoms with Gasteiger partial charge < -0.3 is 4.74 Å². The minimum absolute atomic E-state index is 0.859.